The molecule has 0 bridgehead atoms. The molecule has 0 spiro atoms. The molecule has 0 amide bonds. The molecule has 0 atom stereocenters. The van der Waals surface area contributed by atoms with E-state index in [0.29, 0.717) is 11.1 Å². The van der Waals surface area contributed by atoms with E-state index in [1.54, 1.807) is 31.2 Å². The van der Waals surface area contributed by atoms with Crippen molar-refractivity contribution in [1.29, 1.82) is 10.8 Å². The molecule has 72 valence electrons. The van der Waals surface area contributed by atoms with Crippen molar-refractivity contribution in [3.8, 4) is 0 Å². The lowest BCUT2D eigenvalue weighted by atomic mass is 10.0. The SMILES string of the molecule is CC(=N)C(=N)c1ccc(C(C)=O)cc1. The van der Waals surface area contributed by atoms with Crippen molar-refractivity contribution >= 4 is 17.2 Å². The van der Waals surface area contributed by atoms with Crippen LogP contribution in [0.3, 0.4) is 0 Å². The molecule has 3 nitrogen and oxygen atoms in total. The number of carbonyl (C=O) groups excluding carboxylic acids is 1. The van der Waals surface area contributed by atoms with Gasteiger partial charge < -0.3 is 5.41 Å². The van der Waals surface area contributed by atoms with Crippen molar-refractivity contribution in [3.63, 3.8) is 0 Å². The van der Waals surface area contributed by atoms with Crippen LogP contribution in [-0.4, -0.2) is 17.2 Å². The van der Waals surface area contributed by atoms with E-state index in [4.69, 9.17) is 10.8 Å². The van der Waals surface area contributed by atoms with Gasteiger partial charge in [0.15, 0.2) is 5.78 Å². The summed E-state index contributed by atoms with van der Waals surface area (Å²) in [6, 6.07) is 6.73. The highest BCUT2D eigenvalue weighted by atomic mass is 16.1. The van der Waals surface area contributed by atoms with Crippen molar-refractivity contribution in [1.82, 2.24) is 0 Å². The highest BCUT2D eigenvalue weighted by Gasteiger charge is 2.04. The van der Waals surface area contributed by atoms with E-state index in [0.717, 1.165) is 0 Å². The number of carbonyl (C=O) groups is 1. The third-order valence-electron chi connectivity index (χ3n) is 1.96. The van der Waals surface area contributed by atoms with E-state index in [-0.39, 0.29) is 17.2 Å². The molecule has 0 heterocycles. The summed E-state index contributed by atoms with van der Waals surface area (Å²) in [7, 11) is 0. The fraction of sp³-hybridized carbons (Fsp3) is 0.182. The van der Waals surface area contributed by atoms with Crippen LogP contribution in [-0.2, 0) is 0 Å². The molecular formula is C11H12N2O. The van der Waals surface area contributed by atoms with E-state index in [1.165, 1.54) is 6.92 Å². The van der Waals surface area contributed by atoms with Crippen molar-refractivity contribution in [2.45, 2.75) is 13.8 Å². The van der Waals surface area contributed by atoms with Gasteiger partial charge in [-0.25, -0.2) is 0 Å². The second-order valence-electron chi connectivity index (χ2n) is 3.13. The lowest BCUT2D eigenvalue weighted by molar-refractivity contribution is 0.101. The predicted molar refractivity (Wildman–Crippen MR) is 56.7 cm³/mol. The quantitative estimate of drug-likeness (QED) is 0.554. The smallest absolute Gasteiger partial charge is 0.159 e. The van der Waals surface area contributed by atoms with Crippen LogP contribution in [0.1, 0.15) is 29.8 Å². The third kappa shape index (κ3) is 2.13. The normalized spacial score (nSPS) is 9.57. The number of benzene rings is 1. The molecule has 1 rings (SSSR count). The van der Waals surface area contributed by atoms with Gasteiger partial charge in [0.1, 0.15) is 0 Å². The standard InChI is InChI=1S/C11H12N2O/c1-7(12)11(13)10-5-3-9(4-6-10)8(2)14/h3-6,12-13H,1-2H3. The van der Waals surface area contributed by atoms with Gasteiger partial charge in [-0.1, -0.05) is 24.3 Å². The molecule has 1 aromatic carbocycles. The zero-order valence-corrected chi connectivity index (χ0v) is 8.22. The minimum atomic E-state index is 0.00894. The van der Waals surface area contributed by atoms with Crippen LogP contribution in [0.4, 0.5) is 0 Å². The molecule has 3 heteroatoms. The minimum absolute atomic E-state index is 0.00894. The van der Waals surface area contributed by atoms with Crippen LogP contribution in [0.15, 0.2) is 24.3 Å². The summed E-state index contributed by atoms with van der Waals surface area (Å²) in [6.07, 6.45) is 0. The molecule has 1 aromatic rings. The Bertz CT molecular complexity index is 390. The number of hydrogen-bond donors (Lipinski definition) is 2. The van der Waals surface area contributed by atoms with Gasteiger partial charge in [0.2, 0.25) is 0 Å². The summed E-state index contributed by atoms with van der Waals surface area (Å²) < 4.78 is 0. The molecule has 0 fully saturated rings. The topological polar surface area (TPSA) is 64.8 Å². The molecule has 2 N–H and O–H groups in total. The van der Waals surface area contributed by atoms with E-state index in [9.17, 15) is 4.79 Å². The second-order valence-corrected chi connectivity index (χ2v) is 3.13. The van der Waals surface area contributed by atoms with E-state index in [1.807, 2.05) is 0 Å². The molecule has 0 saturated heterocycles. The summed E-state index contributed by atoms with van der Waals surface area (Å²) in [5, 5.41) is 14.8. The maximum absolute atomic E-state index is 11.0. The maximum Gasteiger partial charge on any atom is 0.159 e. The van der Waals surface area contributed by atoms with Crippen LogP contribution >= 0.6 is 0 Å². The first-order valence-electron chi connectivity index (χ1n) is 4.28. The lowest BCUT2D eigenvalue weighted by Crippen LogP contribution is -2.09. The largest absolute Gasteiger partial charge is 0.303 e. The fourth-order valence-electron chi connectivity index (χ4n) is 1.09. The van der Waals surface area contributed by atoms with Crippen LogP contribution in [0.2, 0.25) is 0 Å². The Balaban J connectivity index is 3.00. The summed E-state index contributed by atoms with van der Waals surface area (Å²) in [5.41, 5.74) is 1.72. The number of Topliss-reactive ketones (excluding diaryl/α,β-unsaturated/α-hetero) is 1. The third-order valence-corrected chi connectivity index (χ3v) is 1.96. The lowest BCUT2D eigenvalue weighted by Gasteiger charge is -2.02. The van der Waals surface area contributed by atoms with Gasteiger partial charge in [-0.15, -0.1) is 0 Å². The van der Waals surface area contributed by atoms with Crippen molar-refractivity contribution in [2.75, 3.05) is 0 Å². The molecule has 0 aromatic heterocycles. The first-order chi connectivity index (χ1) is 6.52. The molecule has 0 radical (unpaired) electrons. The summed E-state index contributed by atoms with van der Waals surface area (Å²) in [6.45, 7) is 3.07. The van der Waals surface area contributed by atoms with Gasteiger partial charge >= 0.3 is 0 Å². The predicted octanol–water partition coefficient (Wildman–Crippen LogP) is 2.30. The van der Waals surface area contributed by atoms with Gasteiger partial charge in [0, 0.05) is 11.1 Å². The molecule has 0 aliphatic heterocycles. The number of nitrogens with one attached hydrogen (secondary N) is 2. The highest BCUT2D eigenvalue weighted by molar-refractivity contribution is 6.45. The zero-order valence-electron chi connectivity index (χ0n) is 8.22. The van der Waals surface area contributed by atoms with Crippen molar-refractivity contribution in [3.05, 3.63) is 35.4 Å². The Labute approximate surface area is 82.8 Å². The minimum Gasteiger partial charge on any atom is -0.303 e. The van der Waals surface area contributed by atoms with Gasteiger partial charge in [0.05, 0.1) is 11.4 Å². The Morgan fingerprint density at radius 2 is 1.43 bits per heavy atom. The van der Waals surface area contributed by atoms with E-state index < -0.39 is 0 Å². The van der Waals surface area contributed by atoms with Gasteiger partial charge in [-0.2, -0.15) is 0 Å². The highest BCUT2D eigenvalue weighted by Crippen LogP contribution is 2.06. The average Bonchev–Trinajstić information content (AvgIpc) is 2.16. The van der Waals surface area contributed by atoms with Gasteiger partial charge in [0.25, 0.3) is 0 Å². The molecule has 0 saturated carbocycles. The summed E-state index contributed by atoms with van der Waals surface area (Å²) >= 11 is 0. The van der Waals surface area contributed by atoms with Crippen molar-refractivity contribution in [2.24, 2.45) is 0 Å². The second kappa shape index (κ2) is 3.96. The molecule has 0 aliphatic carbocycles. The summed E-state index contributed by atoms with van der Waals surface area (Å²) in [5.74, 6) is 0.00894. The van der Waals surface area contributed by atoms with E-state index in [2.05, 4.69) is 0 Å². The Hall–Kier alpha value is -1.77. The van der Waals surface area contributed by atoms with E-state index >= 15 is 0 Å². The molecular weight excluding hydrogens is 176 g/mol. The summed E-state index contributed by atoms with van der Waals surface area (Å²) in [4.78, 5) is 11.0. The number of ketones is 1. The molecule has 14 heavy (non-hydrogen) atoms. The van der Waals surface area contributed by atoms with Gasteiger partial charge in [-0.05, 0) is 13.8 Å². The monoisotopic (exact) mass is 188 g/mol. The number of hydrogen-bond acceptors (Lipinski definition) is 3. The molecule has 0 aliphatic rings. The Morgan fingerprint density at radius 1 is 1.00 bits per heavy atom. The van der Waals surface area contributed by atoms with Crippen LogP contribution in [0, 0.1) is 10.8 Å². The first kappa shape index (κ1) is 10.3. The maximum atomic E-state index is 11.0. The Morgan fingerprint density at radius 3 is 1.79 bits per heavy atom. The van der Waals surface area contributed by atoms with Crippen LogP contribution < -0.4 is 0 Å². The zero-order chi connectivity index (χ0) is 10.7. The van der Waals surface area contributed by atoms with Crippen LogP contribution in [0.5, 0.6) is 0 Å². The fourth-order valence-corrected chi connectivity index (χ4v) is 1.09. The average molecular weight is 188 g/mol. The van der Waals surface area contributed by atoms with Gasteiger partial charge in [-0.3, -0.25) is 10.2 Å². The first-order valence-corrected chi connectivity index (χ1v) is 4.28. The Kier molecular flexibility index (Phi) is 2.92. The van der Waals surface area contributed by atoms with Crippen molar-refractivity contribution < 1.29 is 4.79 Å². The molecule has 0 unspecified atom stereocenters. The van der Waals surface area contributed by atoms with Crippen LogP contribution in [0.25, 0.3) is 0 Å². The number of rotatable bonds is 3.